The molecule has 0 radical (unpaired) electrons. The second-order valence-electron chi connectivity index (χ2n) is 2.92. The van der Waals surface area contributed by atoms with Crippen molar-refractivity contribution < 1.29 is 15.0 Å². The summed E-state index contributed by atoms with van der Waals surface area (Å²) in [5.74, 6) is 0.280. The van der Waals surface area contributed by atoms with Crippen LogP contribution in [0.4, 0.5) is 0 Å². The standard InChI is InChI=1S/C11H12O3S/c1-8(12)15-7-3-5-9-4-2-6-10(13)11(9)14/h2-6,13-14H,7H2,1H3. The van der Waals surface area contributed by atoms with Crippen molar-refractivity contribution in [2.75, 3.05) is 5.75 Å². The van der Waals surface area contributed by atoms with Crippen LogP contribution in [0.15, 0.2) is 24.3 Å². The number of para-hydroxylation sites is 1. The van der Waals surface area contributed by atoms with Crippen LogP contribution in [0, 0.1) is 0 Å². The summed E-state index contributed by atoms with van der Waals surface area (Å²) in [7, 11) is 0. The Hall–Kier alpha value is -1.42. The van der Waals surface area contributed by atoms with Crippen molar-refractivity contribution in [3.63, 3.8) is 0 Å². The molecule has 0 amide bonds. The second-order valence-corrected chi connectivity index (χ2v) is 4.12. The average Bonchev–Trinajstić information content (AvgIpc) is 2.18. The Balaban J connectivity index is 2.64. The molecule has 0 aliphatic rings. The molecule has 3 nitrogen and oxygen atoms in total. The summed E-state index contributed by atoms with van der Waals surface area (Å²) in [5.41, 5.74) is 0.541. The van der Waals surface area contributed by atoms with Crippen LogP contribution in [-0.2, 0) is 4.79 Å². The number of phenols is 2. The molecule has 0 aliphatic carbocycles. The van der Waals surface area contributed by atoms with E-state index in [1.54, 1.807) is 24.3 Å². The highest BCUT2D eigenvalue weighted by Gasteiger charge is 2.01. The largest absolute Gasteiger partial charge is 0.504 e. The zero-order chi connectivity index (χ0) is 11.3. The number of carbonyl (C=O) groups excluding carboxylic acids is 1. The summed E-state index contributed by atoms with van der Waals surface area (Å²) in [6.45, 7) is 1.50. The molecule has 0 bridgehead atoms. The van der Waals surface area contributed by atoms with Crippen LogP contribution in [0.1, 0.15) is 12.5 Å². The van der Waals surface area contributed by atoms with Crippen LogP contribution in [-0.4, -0.2) is 21.1 Å². The molecule has 1 aromatic rings. The number of thioether (sulfide) groups is 1. The van der Waals surface area contributed by atoms with Gasteiger partial charge in [0.25, 0.3) is 0 Å². The number of benzene rings is 1. The number of carbonyl (C=O) groups is 1. The smallest absolute Gasteiger partial charge is 0.186 e. The Morgan fingerprint density at radius 1 is 1.47 bits per heavy atom. The van der Waals surface area contributed by atoms with E-state index in [-0.39, 0.29) is 16.6 Å². The number of hydrogen-bond acceptors (Lipinski definition) is 4. The lowest BCUT2D eigenvalue weighted by molar-refractivity contribution is -0.109. The molecule has 0 unspecified atom stereocenters. The third-order valence-corrected chi connectivity index (χ3v) is 2.49. The van der Waals surface area contributed by atoms with Crippen LogP contribution < -0.4 is 0 Å². The first-order valence-corrected chi connectivity index (χ1v) is 5.40. The second kappa shape index (κ2) is 5.46. The molecule has 4 heteroatoms. The van der Waals surface area contributed by atoms with E-state index in [2.05, 4.69) is 0 Å². The number of hydrogen-bond donors (Lipinski definition) is 2. The highest BCUT2D eigenvalue weighted by molar-refractivity contribution is 8.13. The van der Waals surface area contributed by atoms with E-state index in [0.717, 1.165) is 0 Å². The summed E-state index contributed by atoms with van der Waals surface area (Å²) in [6.07, 6.45) is 3.44. The third kappa shape index (κ3) is 3.67. The van der Waals surface area contributed by atoms with Gasteiger partial charge in [-0.15, -0.1) is 0 Å². The van der Waals surface area contributed by atoms with Crippen molar-refractivity contribution in [3.8, 4) is 11.5 Å². The lowest BCUT2D eigenvalue weighted by atomic mass is 10.2. The van der Waals surface area contributed by atoms with Gasteiger partial charge in [-0.1, -0.05) is 36.0 Å². The molecule has 0 saturated heterocycles. The van der Waals surface area contributed by atoms with E-state index in [1.165, 1.54) is 24.8 Å². The van der Waals surface area contributed by atoms with Gasteiger partial charge in [-0.25, -0.2) is 0 Å². The highest BCUT2D eigenvalue weighted by Crippen LogP contribution is 2.29. The summed E-state index contributed by atoms with van der Waals surface area (Å²) in [4.78, 5) is 10.6. The van der Waals surface area contributed by atoms with Crippen LogP contribution in [0.25, 0.3) is 6.08 Å². The zero-order valence-electron chi connectivity index (χ0n) is 8.30. The zero-order valence-corrected chi connectivity index (χ0v) is 9.12. The summed E-state index contributed by atoms with van der Waals surface area (Å²) in [5, 5.41) is 18.7. The van der Waals surface area contributed by atoms with Gasteiger partial charge in [-0.2, -0.15) is 0 Å². The molecule has 0 atom stereocenters. The van der Waals surface area contributed by atoms with Gasteiger partial charge < -0.3 is 10.2 Å². The maximum absolute atomic E-state index is 10.6. The minimum atomic E-state index is -0.142. The molecular weight excluding hydrogens is 212 g/mol. The number of rotatable bonds is 3. The molecule has 0 spiro atoms. The minimum absolute atomic E-state index is 0.0554. The van der Waals surface area contributed by atoms with Crippen molar-refractivity contribution in [1.29, 1.82) is 0 Å². The van der Waals surface area contributed by atoms with Gasteiger partial charge in [-0.3, -0.25) is 4.79 Å². The molecule has 1 rings (SSSR count). The Morgan fingerprint density at radius 3 is 2.87 bits per heavy atom. The van der Waals surface area contributed by atoms with Gasteiger partial charge in [0.05, 0.1) is 0 Å². The summed E-state index contributed by atoms with van der Waals surface area (Å²) >= 11 is 1.19. The predicted molar refractivity (Wildman–Crippen MR) is 61.9 cm³/mol. The van der Waals surface area contributed by atoms with E-state index < -0.39 is 0 Å². The Bertz CT molecular complexity index is 385. The predicted octanol–water partition coefficient (Wildman–Crippen LogP) is 2.39. The van der Waals surface area contributed by atoms with Gasteiger partial charge in [-0.05, 0) is 6.07 Å². The number of phenolic OH excluding ortho intramolecular Hbond substituents is 2. The highest BCUT2D eigenvalue weighted by atomic mass is 32.2. The quantitative estimate of drug-likeness (QED) is 0.774. The summed E-state index contributed by atoms with van der Waals surface area (Å²) in [6, 6.07) is 4.74. The fourth-order valence-corrected chi connectivity index (χ4v) is 1.45. The monoisotopic (exact) mass is 224 g/mol. The molecule has 0 heterocycles. The van der Waals surface area contributed by atoms with Gasteiger partial charge in [0.2, 0.25) is 0 Å². The Kier molecular flexibility index (Phi) is 4.24. The molecule has 80 valence electrons. The maximum Gasteiger partial charge on any atom is 0.186 e. The van der Waals surface area contributed by atoms with E-state index in [4.69, 9.17) is 0 Å². The first-order chi connectivity index (χ1) is 7.11. The van der Waals surface area contributed by atoms with Gasteiger partial charge in [0, 0.05) is 18.2 Å². The molecule has 0 aliphatic heterocycles. The maximum atomic E-state index is 10.6. The fourth-order valence-electron chi connectivity index (χ4n) is 1.02. The van der Waals surface area contributed by atoms with Gasteiger partial charge >= 0.3 is 0 Å². The first-order valence-electron chi connectivity index (χ1n) is 4.42. The molecule has 0 aromatic heterocycles. The van der Waals surface area contributed by atoms with Crippen LogP contribution in [0.2, 0.25) is 0 Å². The first kappa shape index (κ1) is 11.7. The lowest BCUT2D eigenvalue weighted by Gasteiger charge is -2.00. The fraction of sp³-hybridized carbons (Fsp3) is 0.182. The molecule has 0 saturated carbocycles. The Morgan fingerprint density at radius 2 is 2.20 bits per heavy atom. The van der Waals surface area contributed by atoms with Gasteiger partial charge in [0.15, 0.2) is 16.6 Å². The van der Waals surface area contributed by atoms with Crippen LogP contribution in [0.5, 0.6) is 11.5 Å². The molecule has 2 N–H and O–H groups in total. The average molecular weight is 224 g/mol. The minimum Gasteiger partial charge on any atom is -0.504 e. The molecule has 15 heavy (non-hydrogen) atoms. The van der Waals surface area contributed by atoms with E-state index in [0.29, 0.717) is 11.3 Å². The molecule has 1 aromatic carbocycles. The SMILES string of the molecule is CC(=O)SCC=Cc1cccc(O)c1O. The van der Waals surface area contributed by atoms with Crippen molar-refractivity contribution in [2.24, 2.45) is 0 Å². The van der Waals surface area contributed by atoms with Crippen LogP contribution >= 0.6 is 11.8 Å². The molecular formula is C11H12O3S. The van der Waals surface area contributed by atoms with E-state index in [9.17, 15) is 15.0 Å². The topological polar surface area (TPSA) is 57.5 Å². The van der Waals surface area contributed by atoms with Crippen molar-refractivity contribution in [1.82, 2.24) is 0 Å². The normalized spacial score (nSPS) is 10.7. The third-order valence-electron chi connectivity index (χ3n) is 1.73. The Labute approximate surface area is 92.4 Å². The number of aromatic hydroxyl groups is 2. The van der Waals surface area contributed by atoms with Crippen LogP contribution in [0.3, 0.4) is 0 Å². The van der Waals surface area contributed by atoms with Crippen molar-refractivity contribution in [3.05, 3.63) is 29.8 Å². The van der Waals surface area contributed by atoms with Gasteiger partial charge in [0.1, 0.15) is 0 Å². The van der Waals surface area contributed by atoms with E-state index in [1.807, 2.05) is 0 Å². The lowest BCUT2D eigenvalue weighted by Crippen LogP contribution is -1.82. The summed E-state index contributed by atoms with van der Waals surface area (Å²) < 4.78 is 0. The van der Waals surface area contributed by atoms with E-state index >= 15 is 0 Å². The molecule has 0 fully saturated rings. The van der Waals surface area contributed by atoms with Crippen molar-refractivity contribution >= 4 is 23.0 Å². The van der Waals surface area contributed by atoms with Crippen molar-refractivity contribution in [2.45, 2.75) is 6.92 Å².